The third-order valence-electron chi connectivity index (χ3n) is 3.37. The van der Waals surface area contributed by atoms with Gasteiger partial charge in [-0.3, -0.25) is 9.35 Å². The molecular formula is C15H14ClNO6S. The third kappa shape index (κ3) is 4.44. The Morgan fingerprint density at radius 2 is 1.83 bits per heavy atom. The zero-order chi connectivity index (χ0) is 17.9. The molecule has 1 atom stereocenters. The summed E-state index contributed by atoms with van der Waals surface area (Å²) in [6.07, 6.45) is -0.470. The van der Waals surface area contributed by atoms with E-state index >= 15 is 0 Å². The molecule has 0 aliphatic rings. The Bertz CT molecular complexity index is 896. The zero-order valence-corrected chi connectivity index (χ0v) is 13.8. The van der Waals surface area contributed by atoms with Crippen molar-refractivity contribution >= 4 is 44.4 Å². The second kappa shape index (κ2) is 7.16. The molecule has 0 aliphatic carbocycles. The van der Waals surface area contributed by atoms with E-state index in [1.54, 1.807) is 30.3 Å². The van der Waals surface area contributed by atoms with Gasteiger partial charge in [-0.1, -0.05) is 41.9 Å². The second-order valence-electron chi connectivity index (χ2n) is 5.08. The maximum Gasteiger partial charge on any atom is 0.326 e. The van der Waals surface area contributed by atoms with Gasteiger partial charge in [0.1, 0.15) is 6.04 Å². The van der Waals surface area contributed by atoms with E-state index in [1.807, 2.05) is 0 Å². The van der Waals surface area contributed by atoms with E-state index in [4.69, 9.17) is 21.3 Å². The van der Waals surface area contributed by atoms with Gasteiger partial charge in [0.15, 0.2) is 0 Å². The first-order valence-electron chi connectivity index (χ1n) is 6.85. The lowest BCUT2D eigenvalue weighted by atomic mass is 10.0. The number of carbonyl (C=O) groups is 2. The molecule has 2 aromatic carbocycles. The Morgan fingerprint density at radius 1 is 1.17 bits per heavy atom. The van der Waals surface area contributed by atoms with Crippen LogP contribution in [-0.4, -0.2) is 41.7 Å². The molecule has 9 heteroatoms. The first-order chi connectivity index (χ1) is 11.2. The molecule has 0 radical (unpaired) electrons. The van der Waals surface area contributed by atoms with Gasteiger partial charge < -0.3 is 10.4 Å². The van der Waals surface area contributed by atoms with E-state index in [0.29, 0.717) is 5.39 Å². The number of halogens is 1. The summed E-state index contributed by atoms with van der Waals surface area (Å²) < 4.78 is 30.3. The molecule has 24 heavy (non-hydrogen) atoms. The van der Waals surface area contributed by atoms with Gasteiger partial charge in [0.05, 0.1) is 16.3 Å². The van der Waals surface area contributed by atoms with Gasteiger partial charge in [0, 0.05) is 0 Å². The summed E-state index contributed by atoms with van der Waals surface area (Å²) in [5.74, 6) is -2.93. The Labute approximate surface area is 143 Å². The lowest BCUT2D eigenvalue weighted by Crippen LogP contribution is -2.42. The number of carboxylic acid groups (broad SMARTS) is 1. The lowest BCUT2D eigenvalue weighted by molar-refractivity contribution is -0.139. The molecule has 0 heterocycles. The minimum atomic E-state index is -4.34. The van der Waals surface area contributed by atoms with Crippen LogP contribution < -0.4 is 5.32 Å². The Hall–Kier alpha value is -2.16. The van der Waals surface area contributed by atoms with Crippen molar-refractivity contribution < 1.29 is 27.7 Å². The molecule has 0 saturated carbocycles. The van der Waals surface area contributed by atoms with Crippen LogP contribution in [0.3, 0.4) is 0 Å². The minimum absolute atomic E-state index is 0.105. The van der Waals surface area contributed by atoms with Gasteiger partial charge in [-0.2, -0.15) is 8.42 Å². The number of carbonyl (C=O) groups excluding carboxylic acids is 1. The Kier molecular flexibility index (Phi) is 5.43. The summed E-state index contributed by atoms with van der Waals surface area (Å²) in [6, 6.07) is 8.70. The van der Waals surface area contributed by atoms with Gasteiger partial charge in [0.2, 0.25) is 0 Å². The fraction of sp³-hybridized carbons (Fsp3) is 0.200. The van der Waals surface area contributed by atoms with Gasteiger partial charge in [0.25, 0.3) is 16.0 Å². The number of amides is 1. The fourth-order valence-electron chi connectivity index (χ4n) is 2.23. The molecule has 0 fully saturated rings. The first kappa shape index (κ1) is 18.2. The fourth-order valence-corrected chi connectivity index (χ4v) is 3.01. The monoisotopic (exact) mass is 371 g/mol. The molecule has 0 bridgehead atoms. The number of carboxylic acids is 1. The van der Waals surface area contributed by atoms with Crippen LogP contribution >= 0.6 is 11.6 Å². The number of nitrogens with one attached hydrogen (secondary N) is 1. The van der Waals surface area contributed by atoms with E-state index in [2.05, 4.69) is 5.32 Å². The average molecular weight is 372 g/mol. The van der Waals surface area contributed by atoms with Crippen molar-refractivity contribution in [2.45, 2.75) is 12.5 Å². The molecule has 0 spiro atoms. The molecule has 7 nitrogen and oxygen atoms in total. The van der Waals surface area contributed by atoms with Crippen LogP contribution in [0.25, 0.3) is 10.8 Å². The molecule has 0 unspecified atom stereocenters. The van der Waals surface area contributed by atoms with Crippen LogP contribution in [-0.2, 0) is 14.9 Å². The average Bonchev–Trinajstić information content (AvgIpc) is 2.49. The van der Waals surface area contributed by atoms with Crippen LogP contribution in [0.5, 0.6) is 0 Å². The van der Waals surface area contributed by atoms with Gasteiger partial charge >= 0.3 is 5.97 Å². The number of hydrogen-bond acceptors (Lipinski definition) is 4. The predicted molar refractivity (Wildman–Crippen MR) is 88.9 cm³/mol. The van der Waals surface area contributed by atoms with Crippen molar-refractivity contribution in [2.24, 2.45) is 0 Å². The van der Waals surface area contributed by atoms with Crippen LogP contribution in [0.1, 0.15) is 16.8 Å². The highest BCUT2D eigenvalue weighted by molar-refractivity contribution is 7.85. The number of rotatable bonds is 6. The molecule has 0 aliphatic heterocycles. The molecule has 0 saturated heterocycles. The van der Waals surface area contributed by atoms with E-state index in [0.717, 1.165) is 5.39 Å². The number of benzene rings is 2. The molecule has 2 aromatic rings. The topological polar surface area (TPSA) is 121 Å². The van der Waals surface area contributed by atoms with E-state index in [1.165, 1.54) is 6.07 Å². The first-order valence-corrected chi connectivity index (χ1v) is 8.84. The van der Waals surface area contributed by atoms with Gasteiger partial charge in [-0.05, 0) is 23.3 Å². The third-order valence-corrected chi connectivity index (χ3v) is 4.44. The predicted octanol–water partition coefficient (Wildman–Crippen LogP) is 1.95. The summed E-state index contributed by atoms with van der Waals surface area (Å²) in [5.41, 5.74) is 0.105. The molecule has 3 N–H and O–H groups in total. The number of hydrogen-bond donors (Lipinski definition) is 3. The lowest BCUT2D eigenvalue weighted by Gasteiger charge is -2.15. The quantitative estimate of drug-likeness (QED) is 0.667. The van der Waals surface area contributed by atoms with E-state index < -0.39 is 40.2 Å². The van der Waals surface area contributed by atoms with Gasteiger partial charge in [-0.25, -0.2) is 4.79 Å². The molecule has 128 valence electrons. The molecule has 0 aromatic heterocycles. The normalized spacial score (nSPS) is 12.8. The maximum atomic E-state index is 12.4. The van der Waals surface area contributed by atoms with Crippen molar-refractivity contribution in [3.05, 3.63) is 47.0 Å². The van der Waals surface area contributed by atoms with E-state index in [-0.39, 0.29) is 10.6 Å². The van der Waals surface area contributed by atoms with Crippen molar-refractivity contribution in [1.82, 2.24) is 5.32 Å². The largest absolute Gasteiger partial charge is 0.480 e. The number of aliphatic carboxylic acids is 1. The van der Waals surface area contributed by atoms with Crippen molar-refractivity contribution in [1.29, 1.82) is 0 Å². The maximum absolute atomic E-state index is 12.4. The summed E-state index contributed by atoms with van der Waals surface area (Å²) in [7, 11) is -4.34. The van der Waals surface area contributed by atoms with Crippen molar-refractivity contribution in [3.63, 3.8) is 0 Å². The SMILES string of the molecule is O=C(N[C@@H](CCS(=O)(=O)O)C(=O)O)c1c(Cl)ccc2ccccc12. The molecule has 1 amide bonds. The summed E-state index contributed by atoms with van der Waals surface area (Å²) >= 11 is 6.07. The van der Waals surface area contributed by atoms with Crippen molar-refractivity contribution in [2.75, 3.05) is 5.75 Å². The van der Waals surface area contributed by atoms with Gasteiger partial charge in [-0.15, -0.1) is 0 Å². The smallest absolute Gasteiger partial charge is 0.326 e. The summed E-state index contributed by atoms with van der Waals surface area (Å²) in [6.45, 7) is 0. The zero-order valence-electron chi connectivity index (χ0n) is 12.3. The summed E-state index contributed by atoms with van der Waals surface area (Å²) in [5, 5.41) is 12.8. The van der Waals surface area contributed by atoms with Crippen LogP contribution in [0.2, 0.25) is 5.02 Å². The number of fused-ring (bicyclic) bond motifs is 1. The summed E-state index contributed by atoms with van der Waals surface area (Å²) in [4.78, 5) is 23.7. The van der Waals surface area contributed by atoms with Crippen molar-refractivity contribution in [3.8, 4) is 0 Å². The molecule has 2 rings (SSSR count). The highest BCUT2D eigenvalue weighted by atomic mass is 35.5. The van der Waals surface area contributed by atoms with Crippen LogP contribution in [0.4, 0.5) is 0 Å². The Balaban J connectivity index is 2.31. The van der Waals surface area contributed by atoms with E-state index in [9.17, 15) is 18.0 Å². The minimum Gasteiger partial charge on any atom is -0.480 e. The standard InChI is InChI=1S/C15H14ClNO6S/c16-11-6-5-9-3-1-2-4-10(9)13(11)14(18)17-12(15(19)20)7-8-24(21,22)23/h1-6,12H,7-8H2,(H,17,18)(H,19,20)(H,21,22,23)/t12-/m0/s1. The highest BCUT2D eigenvalue weighted by Gasteiger charge is 2.24. The highest BCUT2D eigenvalue weighted by Crippen LogP contribution is 2.26. The second-order valence-corrected chi connectivity index (χ2v) is 7.06. The van der Waals surface area contributed by atoms with Crippen LogP contribution in [0, 0.1) is 0 Å². The van der Waals surface area contributed by atoms with Crippen LogP contribution in [0.15, 0.2) is 36.4 Å². The Morgan fingerprint density at radius 3 is 2.46 bits per heavy atom. The molecular weight excluding hydrogens is 358 g/mol.